The second-order valence-corrected chi connectivity index (χ2v) is 4.72. The number of imidazole rings is 1. The standard InChI is InChI=1S/C12H15N3/c1-15-8-14-10-6-9(2-3-11(10)15)7-12(13)4-5-12/h2-3,6,8H,4-5,7,13H2,1H3. The molecule has 0 radical (unpaired) electrons. The highest BCUT2D eigenvalue weighted by molar-refractivity contribution is 5.76. The van der Waals surface area contributed by atoms with Crippen molar-refractivity contribution in [2.75, 3.05) is 0 Å². The van der Waals surface area contributed by atoms with Crippen LogP contribution in [0, 0.1) is 0 Å². The largest absolute Gasteiger partial charge is 0.334 e. The van der Waals surface area contributed by atoms with Crippen LogP contribution in [0.1, 0.15) is 18.4 Å². The van der Waals surface area contributed by atoms with Crippen molar-refractivity contribution in [1.82, 2.24) is 9.55 Å². The highest BCUT2D eigenvalue weighted by atomic mass is 15.0. The van der Waals surface area contributed by atoms with Crippen LogP contribution >= 0.6 is 0 Å². The Morgan fingerprint density at radius 2 is 2.27 bits per heavy atom. The zero-order valence-corrected chi connectivity index (χ0v) is 8.90. The monoisotopic (exact) mass is 201 g/mol. The topological polar surface area (TPSA) is 43.8 Å². The van der Waals surface area contributed by atoms with Crippen LogP contribution in [-0.2, 0) is 13.5 Å². The molecule has 1 heterocycles. The van der Waals surface area contributed by atoms with Gasteiger partial charge in [-0.2, -0.15) is 0 Å². The van der Waals surface area contributed by atoms with Crippen molar-refractivity contribution < 1.29 is 0 Å². The van der Waals surface area contributed by atoms with Gasteiger partial charge in [-0.3, -0.25) is 0 Å². The van der Waals surface area contributed by atoms with Crippen LogP contribution in [0.2, 0.25) is 0 Å². The number of nitrogens with zero attached hydrogens (tertiary/aromatic N) is 2. The molecule has 0 saturated heterocycles. The number of fused-ring (bicyclic) bond motifs is 1. The molecule has 1 aliphatic rings. The van der Waals surface area contributed by atoms with Gasteiger partial charge in [0.1, 0.15) is 0 Å². The fraction of sp³-hybridized carbons (Fsp3) is 0.417. The molecule has 0 aliphatic heterocycles. The fourth-order valence-corrected chi connectivity index (χ4v) is 2.04. The zero-order valence-electron chi connectivity index (χ0n) is 8.90. The van der Waals surface area contributed by atoms with Gasteiger partial charge in [0.2, 0.25) is 0 Å². The molecule has 1 aliphatic carbocycles. The Hall–Kier alpha value is -1.35. The summed E-state index contributed by atoms with van der Waals surface area (Å²) in [7, 11) is 2.01. The number of hydrogen-bond acceptors (Lipinski definition) is 2. The van der Waals surface area contributed by atoms with E-state index in [4.69, 9.17) is 5.73 Å². The Morgan fingerprint density at radius 1 is 1.47 bits per heavy atom. The van der Waals surface area contributed by atoms with Crippen molar-refractivity contribution in [2.45, 2.75) is 24.8 Å². The van der Waals surface area contributed by atoms with Gasteiger partial charge in [0.05, 0.1) is 17.4 Å². The molecular weight excluding hydrogens is 186 g/mol. The van der Waals surface area contributed by atoms with E-state index in [1.807, 2.05) is 17.9 Å². The summed E-state index contributed by atoms with van der Waals surface area (Å²) in [6.45, 7) is 0. The van der Waals surface area contributed by atoms with Gasteiger partial charge in [-0.25, -0.2) is 4.98 Å². The van der Waals surface area contributed by atoms with Gasteiger partial charge in [-0.05, 0) is 37.0 Å². The minimum atomic E-state index is 0.0858. The molecule has 78 valence electrons. The lowest BCUT2D eigenvalue weighted by atomic mass is 10.0. The molecule has 3 rings (SSSR count). The van der Waals surface area contributed by atoms with E-state index < -0.39 is 0 Å². The van der Waals surface area contributed by atoms with E-state index in [0.29, 0.717) is 0 Å². The van der Waals surface area contributed by atoms with E-state index in [0.717, 1.165) is 24.8 Å². The summed E-state index contributed by atoms with van der Waals surface area (Å²) in [4.78, 5) is 4.35. The lowest BCUT2D eigenvalue weighted by Gasteiger charge is -2.08. The summed E-state index contributed by atoms with van der Waals surface area (Å²) in [5.41, 5.74) is 9.74. The van der Waals surface area contributed by atoms with Crippen molar-refractivity contribution in [3.8, 4) is 0 Å². The van der Waals surface area contributed by atoms with E-state index in [-0.39, 0.29) is 5.54 Å². The van der Waals surface area contributed by atoms with Crippen LogP contribution in [-0.4, -0.2) is 15.1 Å². The van der Waals surface area contributed by atoms with Crippen molar-refractivity contribution in [2.24, 2.45) is 12.8 Å². The smallest absolute Gasteiger partial charge is 0.0955 e. The van der Waals surface area contributed by atoms with Crippen molar-refractivity contribution >= 4 is 11.0 Å². The first-order chi connectivity index (χ1) is 7.16. The Labute approximate surface area is 88.9 Å². The predicted octanol–water partition coefficient (Wildman–Crippen LogP) is 1.61. The molecule has 0 unspecified atom stereocenters. The van der Waals surface area contributed by atoms with E-state index in [1.165, 1.54) is 11.1 Å². The number of nitrogens with two attached hydrogens (primary N) is 1. The van der Waals surface area contributed by atoms with Gasteiger partial charge in [0.25, 0.3) is 0 Å². The Kier molecular flexibility index (Phi) is 1.68. The van der Waals surface area contributed by atoms with Crippen LogP contribution in [0.15, 0.2) is 24.5 Å². The minimum absolute atomic E-state index is 0.0858. The minimum Gasteiger partial charge on any atom is -0.334 e. The van der Waals surface area contributed by atoms with Gasteiger partial charge in [-0.1, -0.05) is 6.07 Å². The number of aryl methyl sites for hydroxylation is 1. The Bertz CT molecular complexity index is 509. The first kappa shape index (κ1) is 8.92. The Morgan fingerprint density at radius 3 is 3.00 bits per heavy atom. The number of hydrogen-bond donors (Lipinski definition) is 1. The molecule has 0 atom stereocenters. The van der Waals surface area contributed by atoms with E-state index in [9.17, 15) is 0 Å². The van der Waals surface area contributed by atoms with Gasteiger partial charge < -0.3 is 10.3 Å². The van der Waals surface area contributed by atoms with E-state index in [1.54, 1.807) is 0 Å². The van der Waals surface area contributed by atoms with E-state index in [2.05, 4.69) is 23.2 Å². The maximum Gasteiger partial charge on any atom is 0.0955 e. The summed E-state index contributed by atoms with van der Waals surface area (Å²) >= 11 is 0. The fourth-order valence-electron chi connectivity index (χ4n) is 2.04. The van der Waals surface area contributed by atoms with Crippen molar-refractivity contribution in [3.63, 3.8) is 0 Å². The number of rotatable bonds is 2. The first-order valence-electron chi connectivity index (χ1n) is 5.35. The van der Waals surface area contributed by atoms with Crippen molar-refractivity contribution in [3.05, 3.63) is 30.1 Å². The lowest BCUT2D eigenvalue weighted by molar-refractivity contribution is 0.672. The lowest BCUT2D eigenvalue weighted by Crippen LogP contribution is -2.24. The molecule has 1 aromatic heterocycles. The second-order valence-electron chi connectivity index (χ2n) is 4.72. The third-order valence-corrected chi connectivity index (χ3v) is 3.24. The highest BCUT2D eigenvalue weighted by Gasteiger charge is 2.37. The average Bonchev–Trinajstić information content (AvgIpc) is 2.81. The third-order valence-electron chi connectivity index (χ3n) is 3.24. The Balaban J connectivity index is 1.99. The molecule has 0 spiro atoms. The molecule has 0 amide bonds. The van der Waals surface area contributed by atoms with Gasteiger partial charge in [-0.15, -0.1) is 0 Å². The van der Waals surface area contributed by atoms with Crippen molar-refractivity contribution in [1.29, 1.82) is 0 Å². The summed E-state index contributed by atoms with van der Waals surface area (Å²) in [6, 6.07) is 6.45. The molecule has 2 N–H and O–H groups in total. The van der Waals surface area contributed by atoms with E-state index >= 15 is 0 Å². The maximum atomic E-state index is 6.10. The van der Waals surface area contributed by atoms with Crippen LogP contribution in [0.5, 0.6) is 0 Å². The highest BCUT2D eigenvalue weighted by Crippen LogP contribution is 2.35. The molecule has 1 aromatic carbocycles. The normalized spacial score (nSPS) is 18.3. The predicted molar refractivity (Wildman–Crippen MR) is 60.6 cm³/mol. The summed E-state index contributed by atoms with van der Waals surface area (Å²) in [6.07, 6.45) is 5.16. The quantitative estimate of drug-likeness (QED) is 0.802. The van der Waals surface area contributed by atoms with Gasteiger partial charge >= 0.3 is 0 Å². The van der Waals surface area contributed by atoms with Gasteiger partial charge in [0, 0.05) is 12.6 Å². The van der Waals surface area contributed by atoms with Crippen LogP contribution in [0.4, 0.5) is 0 Å². The summed E-state index contributed by atoms with van der Waals surface area (Å²) < 4.78 is 2.04. The number of benzene rings is 1. The molecule has 0 bridgehead atoms. The molecule has 3 nitrogen and oxygen atoms in total. The summed E-state index contributed by atoms with van der Waals surface area (Å²) in [5, 5.41) is 0. The average molecular weight is 201 g/mol. The molecular formula is C12H15N3. The molecule has 3 heteroatoms. The molecule has 15 heavy (non-hydrogen) atoms. The number of aromatic nitrogens is 2. The maximum absolute atomic E-state index is 6.10. The van der Waals surface area contributed by atoms with Crippen LogP contribution in [0.3, 0.4) is 0 Å². The molecule has 1 fully saturated rings. The van der Waals surface area contributed by atoms with Crippen LogP contribution < -0.4 is 5.73 Å². The van der Waals surface area contributed by atoms with Gasteiger partial charge in [0.15, 0.2) is 0 Å². The molecule has 2 aromatic rings. The first-order valence-corrected chi connectivity index (χ1v) is 5.35. The third kappa shape index (κ3) is 1.53. The SMILES string of the molecule is Cn1cnc2cc(CC3(N)CC3)ccc21. The summed E-state index contributed by atoms with van der Waals surface area (Å²) in [5.74, 6) is 0. The van der Waals surface area contributed by atoms with Crippen LogP contribution in [0.25, 0.3) is 11.0 Å². The molecule has 1 saturated carbocycles. The zero-order chi connectivity index (χ0) is 10.5. The second kappa shape index (κ2) is 2.83.